The van der Waals surface area contributed by atoms with Gasteiger partial charge in [-0.15, -0.1) is 0 Å². The number of likely N-dealkylation sites (tertiary alicyclic amines) is 1. The summed E-state index contributed by atoms with van der Waals surface area (Å²) >= 11 is 0. The third kappa shape index (κ3) is 4.10. The molecule has 0 aliphatic carbocycles. The first-order valence-electron chi connectivity index (χ1n) is 8.27. The molecule has 0 bridgehead atoms. The van der Waals surface area contributed by atoms with Crippen molar-refractivity contribution >= 4 is 0 Å². The van der Waals surface area contributed by atoms with E-state index < -0.39 is 0 Å². The van der Waals surface area contributed by atoms with Crippen LogP contribution in [0.2, 0.25) is 0 Å². The summed E-state index contributed by atoms with van der Waals surface area (Å²) in [5, 5.41) is 3.41. The Bertz CT molecular complexity index is 400. The molecule has 1 aliphatic rings. The van der Waals surface area contributed by atoms with Gasteiger partial charge in [0.15, 0.2) is 0 Å². The zero-order valence-corrected chi connectivity index (χ0v) is 13.4. The van der Waals surface area contributed by atoms with Crippen LogP contribution in [-0.4, -0.2) is 24.0 Å². The summed E-state index contributed by atoms with van der Waals surface area (Å²) in [6, 6.07) is 3.01. The van der Waals surface area contributed by atoms with Crippen LogP contribution in [0.4, 0.5) is 0 Å². The van der Waals surface area contributed by atoms with Gasteiger partial charge in [-0.2, -0.15) is 0 Å². The monoisotopic (exact) mass is 278 g/mol. The first-order valence-corrected chi connectivity index (χ1v) is 8.27. The minimum absolute atomic E-state index is 0.764. The lowest BCUT2D eigenvalue weighted by atomic mass is 9.99. The molecule has 1 saturated heterocycles. The van der Waals surface area contributed by atoms with Crippen LogP contribution in [0.25, 0.3) is 0 Å². The number of hydrogen-bond acceptors (Lipinski definition) is 3. The highest BCUT2D eigenvalue weighted by molar-refractivity contribution is 5.21. The second-order valence-electron chi connectivity index (χ2n) is 6.00. The van der Waals surface area contributed by atoms with Crippen LogP contribution < -0.4 is 5.32 Å². The van der Waals surface area contributed by atoms with Crippen molar-refractivity contribution in [2.45, 2.75) is 72.0 Å². The maximum Gasteiger partial charge on any atom is 0.118 e. The van der Waals surface area contributed by atoms with Crippen molar-refractivity contribution in [1.82, 2.24) is 10.2 Å². The van der Waals surface area contributed by atoms with E-state index in [1.165, 1.54) is 44.2 Å². The molecule has 0 aromatic carbocycles. The Morgan fingerprint density at radius 3 is 2.95 bits per heavy atom. The molecule has 1 aromatic rings. The summed E-state index contributed by atoms with van der Waals surface area (Å²) in [6.45, 7) is 10.8. The molecule has 1 N–H and O–H groups in total. The fraction of sp³-hybridized carbons (Fsp3) is 0.765. The first-order chi connectivity index (χ1) is 9.74. The van der Waals surface area contributed by atoms with Gasteiger partial charge in [-0.1, -0.05) is 20.3 Å². The maximum absolute atomic E-state index is 5.88. The molecule has 2 heterocycles. The van der Waals surface area contributed by atoms with E-state index in [0.717, 1.165) is 37.2 Å². The van der Waals surface area contributed by atoms with Gasteiger partial charge in [0.25, 0.3) is 0 Å². The average Bonchev–Trinajstić information content (AvgIpc) is 2.80. The van der Waals surface area contributed by atoms with E-state index >= 15 is 0 Å². The quantitative estimate of drug-likeness (QED) is 0.768. The maximum atomic E-state index is 5.88. The molecule has 3 nitrogen and oxygen atoms in total. The summed E-state index contributed by atoms with van der Waals surface area (Å²) in [4.78, 5) is 2.64. The molecule has 1 fully saturated rings. The Morgan fingerprint density at radius 2 is 2.20 bits per heavy atom. The van der Waals surface area contributed by atoms with Crippen LogP contribution in [0.3, 0.4) is 0 Å². The summed E-state index contributed by atoms with van der Waals surface area (Å²) in [5.41, 5.74) is 1.37. The van der Waals surface area contributed by atoms with Gasteiger partial charge < -0.3 is 9.73 Å². The number of nitrogens with one attached hydrogen (secondary N) is 1. The van der Waals surface area contributed by atoms with Crippen LogP contribution in [0, 0.1) is 6.92 Å². The minimum atomic E-state index is 0.764. The van der Waals surface area contributed by atoms with Crippen LogP contribution in [0.15, 0.2) is 10.5 Å². The molecule has 114 valence electrons. The molecule has 1 aromatic heterocycles. The van der Waals surface area contributed by atoms with Gasteiger partial charge in [0.1, 0.15) is 11.5 Å². The zero-order chi connectivity index (χ0) is 14.4. The lowest BCUT2D eigenvalue weighted by molar-refractivity contribution is 0.135. The van der Waals surface area contributed by atoms with Gasteiger partial charge >= 0.3 is 0 Å². The highest BCUT2D eigenvalue weighted by Gasteiger charge is 2.22. The zero-order valence-electron chi connectivity index (χ0n) is 13.4. The van der Waals surface area contributed by atoms with E-state index in [1.807, 2.05) is 0 Å². The third-order valence-corrected chi connectivity index (χ3v) is 4.39. The SMILES string of the molecule is CCCNCc1cc(CN2CCCCC2CC)c(C)o1. The van der Waals surface area contributed by atoms with E-state index in [1.54, 1.807) is 0 Å². The largest absolute Gasteiger partial charge is 0.465 e. The second kappa shape index (κ2) is 7.84. The van der Waals surface area contributed by atoms with Crippen LogP contribution >= 0.6 is 0 Å². The van der Waals surface area contributed by atoms with E-state index in [0.29, 0.717) is 0 Å². The Balaban J connectivity index is 1.94. The van der Waals surface area contributed by atoms with Crippen molar-refractivity contribution in [3.63, 3.8) is 0 Å². The van der Waals surface area contributed by atoms with Gasteiger partial charge in [0, 0.05) is 18.2 Å². The molecule has 2 rings (SSSR count). The van der Waals surface area contributed by atoms with Gasteiger partial charge in [0.05, 0.1) is 6.54 Å². The van der Waals surface area contributed by atoms with E-state index in [2.05, 4.69) is 37.1 Å². The van der Waals surface area contributed by atoms with Crippen molar-refractivity contribution in [3.8, 4) is 0 Å². The summed E-state index contributed by atoms with van der Waals surface area (Å²) in [6.07, 6.45) is 6.53. The second-order valence-corrected chi connectivity index (χ2v) is 6.00. The molecule has 20 heavy (non-hydrogen) atoms. The molecule has 1 atom stereocenters. The van der Waals surface area contributed by atoms with Crippen molar-refractivity contribution < 1.29 is 4.42 Å². The Kier molecular flexibility index (Phi) is 6.11. The van der Waals surface area contributed by atoms with E-state index in [4.69, 9.17) is 4.42 Å². The fourth-order valence-electron chi connectivity index (χ4n) is 3.17. The topological polar surface area (TPSA) is 28.4 Å². The van der Waals surface area contributed by atoms with Gasteiger partial charge in [-0.05, 0) is 51.8 Å². The number of piperidine rings is 1. The third-order valence-electron chi connectivity index (χ3n) is 4.39. The molecule has 0 spiro atoms. The lowest BCUT2D eigenvalue weighted by Gasteiger charge is -2.35. The predicted molar refractivity (Wildman–Crippen MR) is 83.8 cm³/mol. The Morgan fingerprint density at radius 1 is 1.35 bits per heavy atom. The van der Waals surface area contributed by atoms with E-state index in [9.17, 15) is 0 Å². The molecule has 0 radical (unpaired) electrons. The highest BCUT2D eigenvalue weighted by atomic mass is 16.3. The average molecular weight is 278 g/mol. The Hall–Kier alpha value is -0.800. The molecular formula is C17H30N2O. The number of nitrogens with zero attached hydrogens (tertiary/aromatic N) is 1. The highest BCUT2D eigenvalue weighted by Crippen LogP contribution is 2.24. The summed E-state index contributed by atoms with van der Waals surface area (Å²) < 4.78 is 5.88. The molecule has 3 heteroatoms. The summed E-state index contributed by atoms with van der Waals surface area (Å²) in [5.74, 6) is 2.18. The van der Waals surface area contributed by atoms with Gasteiger partial charge in [-0.3, -0.25) is 4.90 Å². The normalized spacial score (nSPS) is 20.4. The van der Waals surface area contributed by atoms with Crippen molar-refractivity contribution in [1.29, 1.82) is 0 Å². The van der Waals surface area contributed by atoms with Crippen LogP contribution in [0.1, 0.15) is 63.0 Å². The number of aryl methyl sites for hydroxylation is 1. The molecule has 0 amide bonds. The molecule has 1 unspecified atom stereocenters. The molecular weight excluding hydrogens is 248 g/mol. The predicted octanol–water partition coefficient (Wildman–Crippen LogP) is 3.85. The van der Waals surface area contributed by atoms with Crippen molar-refractivity contribution in [2.24, 2.45) is 0 Å². The van der Waals surface area contributed by atoms with Gasteiger partial charge in [0.2, 0.25) is 0 Å². The number of rotatable bonds is 7. The molecule has 1 aliphatic heterocycles. The number of furan rings is 1. The molecule has 0 saturated carbocycles. The minimum Gasteiger partial charge on any atom is -0.465 e. The van der Waals surface area contributed by atoms with Crippen LogP contribution in [0.5, 0.6) is 0 Å². The van der Waals surface area contributed by atoms with Crippen molar-refractivity contribution in [2.75, 3.05) is 13.1 Å². The lowest BCUT2D eigenvalue weighted by Crippen LogP contribution is -2.38. The fourth-order valence-corrected chi connectivity index (χ4v) is 3.17. The van der Waals surface area contributed by atoms with Crippen LogP contribution in [-0.2, 0) is 13.1 Å². The summed E-state index contributed by atoms with van der Waals surface area (Å²) in [7, 11) is 0. The number of hydrogen-bond donors (Lipinski definition) is 1. The van der Waals surface area contributed by atoms with Crippen molar-refractivity contribution in [3.05, 3.63) is 23.2 Å². The standard InChI is InChI=1S/C17H30N2O/c1-4-9-18-12-17-11-15(14(3)20-17)13-19-10-7-6-8-16(19)5-2/h11,16,18H,4-10,12-13H2,1-3H3. The first kappa shape index (κ1) is 15.6. The Labute approximate surface area is 123 Å². The van der Waals surface area contributed by atoms with Gasteiger partial charge in [-0.25, -0.2) is 0 Å². The smallest absolute Gasteiger partial charge is 0.118 e. The van der Waals surface area contributed by atoms with E-state index in [-0.39, 0.29) is 0 Å².